The van der Waals surface area contributed by atoms with Crippen LogP contribution in [0.2, 0.25) is 5.02 Å². The van der Waals surface area contributed by atoms with E-state index >= 15 is 0 Å². The molecule has 0 unspecified atom stereocenters. The fourth-order valence-electron chi connectivity index (χ4n) is 2.98. The first-order valence-electron chi connectivity index (χ1n) is 7.07. The lowest BCUT2D eigenvalue weighted by atomic mass is 10.0. The van der Waals surface area contributed by atoms with E-state index in [-0.39, 0.29) is 0 Å². The Labute approximate surface area is 124 Å². The summed E-state index contributed by atoms with van der Waals surface area (Å²) in [6.07, 6.45) is 1.08. The number of benzene rings is 1. The van der Waals surface area contributed by atoms with Crippen molar-refractivity contribution in [1.82, 2.24) is 19.7 Å². The number of rotatable bonds is 3. The van der Waals surface area contributed by atoms with E-state index in [1.807, 2.05) is 19.1 Å². The summed E-state index contributed by atoms with van der Waals surface area (Å²) in [5.41, 5.74) is 1.32. The lowest BCUT2D eigenvalue weighted by molar-refractivity contribution is 0.147. The molecule has 0 saturated carbocycles. The Morgan fingerprint density at radius 3 is 2.65 bits per heavy atom. The number of nitrogens with zero attached hydrogens (tertiary/aromatic N) is 4. The van der Waals surface area contributed by atoms with Crippen molar-refractivity contribution in [1.29, 1.82) is 0 Å². The van der Waals surface area contributed by atoms with Gasteiger partial charge in [-0.2, -0.15) is 0 Å². The molecular weight excluding hydrogens is 272 g/mol. The van der Waals surface area contributed by atoms with Crippen molar-refractivity contribution >= 4 is 11.6 Å². The van der Waals surface area contributed by atoms with Gasteiger partial charge in [0.05, 0.1) is 6.54 Å². The molecule has 1 aliphatic rings. The molecule has 2 heterocycles. The van der Waals surface area contributed by atoms with Crippen LogP contribution in [0.4, 0.5) is 0 Å². The van der Waals surface area contributed by atoms with Crippen LogP contribution < -0.4 is 0 Å². The van der Waals surface area contributed by atoms with Gasteiger partial charge in [-0.1, -0.05) is 30.7 Å². The molecule has 0 radical (unpaired) electrons. The maximum atomic E-state index is 5.98. The van der Waals surface area contributed by atoms with Crippen molar-refractivity contribution in [2.75, 3.05) is 6.54 Å². The standard InChI is InChI=1S/C15H19ClN4/c1-3-14(12-4-6-13(16)7-5-12)19-8-9-20-11(2)17-18-15(20)10-19/h4-7,14H,3,8-10H2,1-2H3/t14-/m0/s1. The van der Waals surface area contributed by atoms with Gasteiger partial charge in [-0.15, -0.1) is 10.2 Å². The van der Waals surface area contributed by atoms with Gasteiger partial charge in [-0.05, 0) is 31.0 Å². The average Bonchev–Trinajstić information content (AvgIpc) is 2.83. The first kappa shape index (κ1) is 13.6. The summed E-state index contributed by atoms with van der Waals surface area (Å²) in [5, 5.41) is 9.24. The summed E-state index contributed by atoms with van der Waals surface area (Å²) < 4.78 is 2.21. The second kappa shape index (κ2) is 5.54. The summed E-state index contributed by atoms with van der Waals surface area (Å²) in [6.45, 7) is 7.11. The van der Waals surface area contributed by atoms with Crippen LogP contribution in [0.25, 0.3) is 0 Å². The van der Waals surface area contributed by atoms with Crippen molar-refractivity contribution in [3.63, 3.8) is 0 Å². The second-order valence-electron chi connectivity index (χ2n) is 5.26. The fraction of sp³-hybridized carbons (Fsp3) is 0.467. The van der Waals surface area contributed by atoms with Crippen molar-refractivity contribution in [2.24, 2.45) is 0 Å². The van der Waals surface area contributed by atoms with Gasteiger partial charge in [0.2, 0.25) is 0 Å². The maximum absolute atomic E-state index is 5.98. The molecule has 106 valence electrons. The summed E-state index contributed by atoms with van der Waals surface area (Å²) in [7, 11) is 0. The third-order valence-corrected chi connectivity index (χ3v) is 4.30. The normalized spacial score (nSPS) is 16.9. The lowest BCUT2D eigenvalue weighted by Crippen LogP contribution is -2.36. The maximum Gasteiger partial charge on any atom is 0.147 e. The SMILES string of the molecule is CC[C@@H](c1ccc(Cl)cc1)N1CCn2c(C)nnc2C1. The molecule has 1 aromatic carbocycles. The topological polar surface area (TPSA) is 34.0 Å². The fourth-order valence-corrected chi connectivity index (χ4v) is 3.10. The highest BCUT2D eigenvalue weighted by Crippen LogP contribution is 2.28. The lowest BCUT2D eigenvalue weighted by Gasteiger charge is -2.34. The van der Waals surface area contributed by atoms with E-state index in [2.05, 4.69) is 38.7 Å². The third-order valence-electron chi connectivity index (χ3n) is 4.05. The molecule has 20 heavy (non-hydrogen) atoms. The van der Waals surface area contributed by atoms with Crippen molar-refractivity contribution < 1.29 is 0 Å². The Kier molecular flexibility index (Phi) is 3.76. The van der Waals surface area contributed by atoms with Crippen molar-refractivity contribution in [3.05, 3.63) is 46.5 Å². The summed E-state index contributed by atoms with van der Waals surface area (Å²) in [5.74, 6) is 2.08. The van der Waals surface area contributed by atoms with E-state index in [9.17, 15) is 0 Å². The molecule has 0 saturated heterocycles. The Hall–Kier alpha value is -1.39. The van der Waals surface area contributed by atoms with Gasteiger partial charge in [0.25, 0.3) is 0 Å². The predicted octanol–water partition coefficient (Wildman–Crippen LogP) is 3.21. The molecular formula is C15H19ClN4. The highest BCUT2D eigenvalue weighted by atomic mass is 35.5. The first-order valence-corrected chi connectivity index (χ1v) is 7.45. The second-order valence-corrected chi connectivity index (χ2v) is 5.70. The largest absolute Gasteiger partial charge is 0.313 e. The zero-order chi connectivity index (χ0) is 14.1. The van der Waals surface area contributed by atoms with E-state index in [1.54, 1.807) is 0 Å². The number of aryl methyl sites for hydroxylation is 1. The van der Waals surface area contributed by atoms with Gasteiger partial charge in [0.15, 0.2) is 0 Å². The molecule has 0 bridgehead atoms. The van der Waals surface area contributed by atoms with Gasteiger partial charge < -0.3 is 4.57 Å². The minimum Gasteiger partial charge on any atom is -0.313 e. The van der Waals surface area contributed by atoms with E-state index in [4.69, 9.17) is 11.6 Å². The van der Waals surface area contributed by atoms with E-state index in [0.717, 1.165) is 42.7 Å². The van der Waals surface area contributed by atoms with Gasteiger partial charge in [-0.3, -0.25) is 4.90 Å². The van der Waals surface area contributed by atoms with Gasteiger partial charge in [-0.25, -0.2) is 0 Å². The molecule has 1 aromatic heterocycles. The monoisotopic (exact) mass is 290 g/mol. The van der Waals surface area contributed by atoms with Gasteiger partial charge in [0.1, 0.15) is 11.6 Å². The molecule has 5 heteroatoms. The average molecular weight is 291 g/mol. The Bertz CT molecular complexity index is 590. The van der Waals surface area contributed by atoms with Gasteiger partial charge >= 0.3 is 0 Å². The van der Waals surface area contributed by atoms with Gasteiger partial charge in [0, 0.05) is 24.2 Å². The van der Waals surface area contributed by atoms with E-state index in [0.29, 0.717) is 6.04 Å². The quantitative estimate of drug-likeness (QED) is 0.870. The minimum absolute atomic E-state index is 0.415. The van der Waals surface area contributed by atoms with Crippen LogP contribution in [-0.2, 0) is 13.1 Å². The highest BCUT2D eigenvalue weighted by Gasteiger charge is 2.25. The molecule has 3 rings (SSSR count). The number of aromatic nitrogens is 3. The zero-order valence-electron chi connectivity index (χ0n) is 11.9. The highest BCUT2D eigenvalue weighted by molar-refractivity contribution is 6.30. The van der Waals surface area contributed by atoms with Crippen molar-refractivity contribution in [2.45, 2.75) is 39.4 Å². The molecule has 0 N–H and O–H groups in total. The van der Waals surface area contributed by atoms with Crippen LogP contribution in [0, 0.1) is 6.92 Å². The van der Waals surface area contributed by atoms with Crippen LogP contribution in [0.1, 0.15) is 36.6 Å². The number of hydrogen-bond donors (Lipinski definition) is 0. The molecule has 0 aliphatic carbocycles. The number of halogens is 1. The molecule has 0 spiro atoms. The van der Waals surface area contributed by atoms with Crippen LogP contribution in [-0.4, -0.2) is 26.2 Å². The molecule has 0 amide bonds. The minimum atomic E-state index is 0.415. The molecule has 1 atom stereocenters. The van der Waals surface area contributed by atoms with E-state index in [1.165, 1.54) is 5.56 Å². The first-order chi connectivity index (χ1) is 9.69. The number of fused-ring (bicyclic) bond motifs is 1. The zero-order valence-corrected chi connectivity index (χ0v) is 12.6. The van der Waals surface area contributed by atoms with Crippen LogP contribution in [0.15, 0.2) is 24.3 Å². The molecule has 1 aliphatic heterocycles. The van der Waals surface area contributed by atoms with E-state index < -0.39 is 0 Å². The van der Waals surface area contributed by atoms with Crippen LogP contribution in [0.3, 0.4) is 0 Å². The molecule has 0 fully saturated rings. The summed E-state index contributed by atoms with van der Waals surface area (Å²) >= 11 is 5.98. The summed E-state index contributed by atoms with van der Waals surface area (Å²) in [4.78, 5) is 2.48. The third kappa shape index (κ3) is 2.45. The van der Waals surface area contributed by atoms with Crippen LogP contribution >= 0.6 is 11.6 Å². The number of hydrogen-bond acceptors (Lipinski definition) is 3. The molecule has 4 nitrogen and oxygen atoms in total. The molecule has 2 aromatic rings. The summed E-state index contributed by atoms with van der Waals surface area (Å²) in [6, 6.07) is 8.60. The Morgan fingerprint density at radius 2 is 1.95 bits per heavy atom. The van der Waals surface area contributed by atoms with Crippen LogP contribution in [0.5, 0.6) is 0 Å². The predicted molar refractivity (Wildman–Crippen MR) is 79.7 cm³/mol. The van der Waals surface area contributed by atoms with Crippen molar-refractivity contribution in [3.8, 4) is 0 Å². The smallest absolute Gasteiger partial charge is 0.147 e. The Morgan fingerprint density at radius 1 is 1.20 bits per heavy atom. The Balaban J connectivity index is 1.83.